The third kappa shape index (κ3) is 3.65. The highest BCUT2D eigenvalue weighted by Crippen LogP contribution is 2.51. The van der Waals surface area contributed by atoms with Crippen LogP contribution in [-0.2, 0) is 6.54 Å². The number of thioether (sulfide) groups is 1. The van der Waals surface area contributed by atoms with Crippen LogP contribution in [0.5, 0.6) is 0 Å². The molecule has 1 saturated heterocycles. The maximum Gasteiger partial charge on any atom is 0.407 e. The van der Waals surface area contributed by atoms with Crippen LogP contribution in [0.4, 0.5) is 19.4 Å². The molecule has 182 valence electrons. The molecule has 2 aliphatic heterocycles. The number of nitrogens with zero attached hydrogens (tertiary/aromatic N) is 4. The van der Waals surface area contributed by atoms with Crippen molar-refractivity contribution in [2.75, 3.05) is 30.3 Å². The van der Waals surface area contributed by atoms with Gasteiger partial charge in [0.25, 0.3) is 0 Å². The van der Waals surface area contributed by atoms with E-state index in [2.05, 4.69) is 4.98 Å². The van der Waals surface area contributed by atoms with Gasteiger partial charge in [0.1, 0.15) is 17.5 Å². The summed E-state index contributed by atoms with van der Waals surface area (Å²) in [5, 5.41) is 10.2. The number of amides is 1. The summed E-state index contributed by atoms with van der Waals surface area (Å²) in [5.74, 6) is 0.234. The molecule has 6 rings (SSSR count). The summed E-state index contributed by atoms with van der Waals surface area (Å²) in [4.78, 5) is 33.3. The molecule has 1 saturated carbocycles. The highest BCUT2D eigenvalue weighted by Gasteiger charge is 2.35. The summed E-state index contributed by atoms with van der Waals surface area (Å²) in [7, 11) is 0. The smallest absolute Gasteiger partial charge is 0.407 e. The molecule has 0 bridgehead atoms. The SMILES string of the molecule is C[C@H]1CN(C(=O)O)CCN1c1nc(=O)n2c3c(c(-c4ccc(F)cc4F)c(C4CC4)cc13)SCC2. The fraction of sp³-hybridized carbons (Fsp3) is 0.400. The monoisotopic (exact) mass is 498 g/mol. The lowest BCUT2D eigenvalue weighted by atomic mass is 9.93. The Kier molecular flexibility index (Phi) is 5.24. The molecule has 3 aromatic rings. The van der Waals surface area contributed by atoms with Crippen molar-refractivity contribution in [3.05, 3.63) is 51.9 Å². The van der Waals surface area contributed by atoms with Crippen LogP contribution in [-0.4, -0.2) is 57.1 Å². The van der Waals surface area contributed by atoms with E-state index in [0.717, 1.165) is 45.8 Å². The number of halogens is 2. The van der Waals surface area contributed by atoms with Crippen molar-refractivity contribution in [3.63, 3.8) is 0 Å². The van der Waals surface area contributed by atoms with Gasteiger partial charge in [-0.2, -0.15) is 4.98 Å². The Morgan fingerprint density at radius 2 is 1.97 bits per heavy atom. The molecule has 3 heterocycles. The molecule has 1 aromatic heterocycles. The molecule has 1 amide bonds. The van der Waals surface area contributed by atoms with Gasteiger partial charge in [-0.3, -0.25) is 4.57 Å². The van der Waals surface area contributed by atoms with Crippen molar-refractivity contribution in [2.24, 2.45) is 0 Å². The van der Waals surface area contributed by atoms with Crippen LogP contribution in [0, 0.1) is 11.6 Å². The molecule has 2 aromatic carbocycles. The summed E-state index contributed by atoms with van der Waals surface area (Å²) in [5.41, 5.74) is 2.45. The predicted octanol–water partition coefficient (Wildman–Crippen LogP) is 4.51. The van der Waals surface area contributed by atoms with Crippen molar-refractivity contribution in [3.8, 4) is 11.1 Å². The first kappa shape index (κ1) is 22.3. The molecule has 0 radical (unpaired) electrons. The van der Waals surface area contributed by atoms with Gasteiger partial charge in [0.05, 0.1) is 5.52 Å². The van der Waals surface area contributed by atoms with E-state index in [-0.39, 0.29) is 17.6 Å². The normalized spacial score (nSPS) is 19.9. The molecule has 7 nitrogen and oxygen atoms in total. The Morgan fingerprint density at radius 1 is 1.17 bits per heavy atom. The first-order valence-electron chi connectivity index (χ1n) is 11.8. The number of anilines is 1. The molecule has 1 aliphatic carbocycles. The van der Waals surface area contributed by atoms with Crippen LogP contribution in [0.2, 0.25) is 0 Å². The fourth-order valence-corrected chi connectivity index (χ4v) is 6.56. The van der Waals surface area contributed by atoms with Gasteiger partial charge in [0.15, 0.2) is 0 Å². The first-order valence-corrected chi connectivity index (χ1v) is 12.8. The molecule has 10 heteroatoms. The second-order valence-electron chi connectivity index (χ2n) is 9.45. The number of hydrogen-bond donors (Lipinski definition) is 1. The molecule has 3 aliphatic rings. The van der Waals surface area contributed by atoms with E-state index in [9.17, 15) is 19.1 Å². The van der Waals surface area contributed by atoms with Gasteiger partial charge in [-0.1, -0.05) is 0 Å². The highest BCUT2D eigenvalue weighted by atomic mass is 32.2. The second-order valence-corrected chi connectivity index (χ2v) is 10.6. The summed E-state index contributed by atoms with van der Waals surface area (Å²) < 4.78 is 30.4. The third-order valence-electron chi connectivity index (χ3n) is 7.18. The minimum Gasteiger partial charge on any atom is -0.465 e. The zero-order chi connectivity index (χ0) is 24.4. The molecular formula is C25H24F2N4O3S. The summed E-state index contributed by atoms with van der Waals surface area (Å²) in [6.07, 6.45) is 1.02. The van der Waals surface area contributed by atoms with Crippen molar-refractivity contribution in [1.82, 2.24) is 14.5 Å². The molecule has 0 unspecified atom stereocenters. The van der Waals surface area contributed by atoms with Crippen LogP contribution in [0.15, 0.2) is 34.0 Å². The Bertz CT molecular complexity index is 1440. The Labute approximate surface area is 204 Å². The number of piperazine rings is 1. The van der Waals surface area contributed by atoms with E-state index < -0.39 is 17.7 Å². The maximum atomic E-state index is 15.0. The highest BCUT2D eigenvalue weighted by molar-refractivity contribution is 7.99. The van der Waals surface area contributed by atoms with E-state index in [1.54, 1.807) is 16.3 Å². The molecule has 1 atom stereocenters. The third-order valence-corrected chi connectivity index (χ3v) is 8.25. The zero-order valence-corrected chi connectivity index (χ0v) is 19.9. The van der Waals surface area contributed by atoms with Gasteiger partial charge in [-0.25, -0.2) is 18.4 Å². The van der Waals surface area contributed by atoms with Gasteiger partial charge >= 0.3 is 11.8 Å². The lowest BCUT2D eigenvalue weighted by Crippen LogP contribution is -2.54. The molecule has 2 fully saturated rings. The Hall–Kier alpha value is -3.14. The first-order chi connectivity index (χ1) is 16.8. The Balaban J connectivity index is 1.61. The molecule has 0 spiro atoms. The number of hydrogen-bond acceptors (Lipinski definition) is 5. The van der Waals surface area contributed by atoms with E-state index in [1.807, 2.05) is 17.9 Å². The van der Waals surface area contributed by atoms with E-state index >= 15 is 4.39 Å². The summed E-state index contributed by atoms with van der Waals surface area (Å²) in [6.45, 7) is 3.49. The number of benzene rings is 2. The number of aromatic nitrogens is 2. The van der Waals surface area contributed by atoms with Crippen molar-refractivity contribution in [1.29, 1.82) is 0 Å². The summed E-state index contributed by atoms with van der Waals surface area (Å²) >= 11 is 1.59. The Morgan fingerprint density at radius 3 is 2.66 bits per heavy atom. The van der Waals surface area contributed by atoms with Gasteiger partial charge < -0.3 is 14.9 Å². The van der Waals surface area contributed by atoms with Crippen LogP contribution < -0.4 is 10.6 Å². The van der Waals surface area contributed by atoms with Crippen molar-refractivity contribution in [2.45, 2.75) is 43.2 Å². The van der Waals surface area contributed by atoms with Crippen LogP contribution in [0.1, 0.15) is 31.2 Å². The summed E-state index contributed by atoms with van der Waals surface area (Å²) in [6, 6.07) is 5.54. The van der Waals surface area contributed by atoms with Crippen LogP contribution >= 0.6 is 11.8 Å². The van der Waals surface area contributed by atoms with Gasteiger partial charge in [0, 0.05) is 65.4 Å². The average Bonchev–Trinajstić information content (AvgIpc) is 3.67. The van der Waals surface area contributed by atoms with E-state index in [0.29, 0.717) is 43.3 Å². The van der Waals surface area contributed by atoms with Crippen LogP contribution in [0.3, 0.4) is 0 Å². The largest absolute Gasteiger partial charge is 0.465 e. The lowest BCUT2D eigenvalue weighted by Gasteiger charge is -2.40. The van der Waals surface area contributed by atoms with Gasteiger partial charge in [-0.15, -0.1) is 11.8 Å². The number of carbonyl (C=O) groups is 1. The minimum absolute atomic E-state index is 0.163. The number of aryl methyl sites for hydroxylation is 1. The zero-order valence-electron chi connectivity index (χ0n) is 19.1. The lowest BCUT2D eigenvalue weighted by molar-refractivity contribution is 0.136. The average molecular weight is 499 g/mol. The maximum absolute atomic E-state index is 15.0. The number of carboxylic acid groups (broad SMARTS) is 1. The minimum atomic E-state index is -0.959. The molecular weight excluding hydrogens is 474 g/mol. The van der Waals surface area contributed by atoms with Gasteiger partial charge in [0.2, 0.25) is 0 Å². The predicted molar refractivity (Wildman–Crippen MR) is 130 cm³/mol. The van der Waals surface area contributed by atoms with E-state index in [4.69, 9.17) is 0 Å². The van der Waals surface area contributed by atoms with Crippen molar-refractivity contribution < 1.29 is 18.7 Å². The molecule has 35 heavy (non-hydrogen) atoms. The number of rotatable bonds is 3. The second kappa shape index (κ2) is 8.22. The van der Waals surface area contributed by atoms with Crippen molar-refractivity contribution >= 4 is 34.6 Å². The van der Waals surface area contributed by atoms with Crippen LogP contribution in [0.25, 0.3) is 22.0 Å². The quantitative estimate of drug-likeness (QED) is 0.573. The standard InChI is InChI=1S/C25H24F2N4O3S/c1-13-12-29(25(33)34)6-7-30(13)23-18-11-17(14-2-3-14)20(16-5-4-15(26)10-19(16)27)22-21(18)31(8-9-35-22)24(32)28-23/h4-5,10-11,13-14H,2-3,6-9,12H2,1H3,(H,33,34)/t13-/m0/s1. The fourth-order valence-electron chi connectivity index (χ4n) is 5.35. The van der Waals surface area contributed by atoms with Gasteiger partial charge in [-0.05, 0) is 49.4 Å². The topological polar surface area (TPSA) is 78.7 Å². The molecule has 1 N–H and O–H groups in total. The van der Waals surface area contributed by atoms with E-state index in [1.165, 1.54) is 17.0 Å².